The first kappa shape index (κ1) is 15.7. The van der Waals surface area contributed by atoms with Crippen LogP contribution in [0.5, 0.6) is 0 Å². The number of rotatable bonds is 6. The number of nitrogens with one attached hydrogen (secondary N) is 1. The Morgan fingerprint density at radius 2 is 2.48 bits per heavy atom. The Hall–Kier alpha value is -2.15. The maximum absolute atomic E-state index is 12.2. The molecule has 1 amide bonds. The van der Waals surface area contributed by atoms with Gasteiger partial charge in [0.15, 0.2) is 0 Å². The third-order valence-corrected chi connectivity index (χ3v) is 4.23. The minimum absolute atomic E-state index is 0.0373. The lowest BCUT2D eigenvalue weighted by atomic mass is 9.98. The second kappa shape index (κ2) is 7.41. The average molecular weight is 317 g/mol. The van der Waals surface area contributed by atoms with Crippen LogP contribution < -0.4 is 5.32 Å². The largest absolute Gasteiger partial charge is 0.467 e. The van der Waals surface area contributed by atoms with Gasteiger partial charge in [0.05, 0.1) is 18.8 Å². The molecule has 1 aliphatic heterocycles. The van der Waals surface area contributed by atoms with Crippen LogP contribution in [0, 0.1) is 5.92 Å². The molecule has 0 radical (unpaired) electrons. The Bertz CT molecular complexity index is 596. The van der Waals surface area contributed by atoms with Crippen molar-refractivity contribution in [2.45, 2.75) is 32.4 Å². The zero-order valence-corrected chi connectivity index (χ0v) is 13.4. The fourth-order valence-electron chi connectivity index (χ4n) is 3.13. The van der Waals surface area contributed by atoms with Gasteiger partial charge in [-0.05, 0) is 44.4 Å². The van der Waals surface area contributed by atoms with Gasteiger partial charge in [-0.25, -0.2) is 4.98 Å². The lowest BCUT2D eigenvalue weighted by Gasteiger charge is -2.32. The summed E-state index contributed by atoms with van der Waals surface area (Å²) in [7, 11) is 0. The molecule has 2 aromatic rings. The Labute approximate surface area is 135 Å². The smallest absolute Gasteiger partial charge is 0.234 e. The van der Waals surface area contributed by atoms with Crippen molar-refractivity contribution in [1.29, 1.82) is 0 Å². The van der Waals surface area contributed by atoms with Crippen molar-refractivity contribution in [3.8, 4) is 0 Å². The predicted octanol–water partition coefficient (Wildman–Crippen LogP) is 1.46. The molecule has 3 rings (SSSR count). The number of hydrogen-bond donors (Lipinski definition) is 1. The summed E-state index contributed by atoms with van der Waals surface area (Å²) in [5, 5.41) is 7.15. The van der Waals surface area contributed by atoms with Crippen LogP contribution >= 0.6 is 0 Å². The van der Waals surface area contributed by atoms with E-state index in [9.17, 15) is 4.79 Å². The van der Waals surface area contributed by atoms with E-state index in [1.807, 2.05) is 23.7 Å². The number of piperidine rings is 1. The molecule has 124 valence electrons. The van der Waals surface area contributed by atoms with E-state index < -0.39 is 0 Å². The zero-order chi connectivity index (χ0) is 16.1. The zero-order valence-electron chi connectivity index (χ0n) is 13.4. The third kappa shape index (κ3) is 4.41. The van der Waals surface area contributed by atoms with Gasteiger partial charge < -0.3 is 9.73 Å². The van der Waals surface area contributed by atoms with Crippen molar-refractivity contribution in [3.63, 3.8) is 0 Å². The number of hydrogen-bond acceptors (Lipinski definition) is 5. The number of carbonyl (C=O) groups excluding carboxylic acids is 1. The van der Waals surface area contributed by atoms with E-state index in [4.69, 9.17) is 4.42 Å². The van der Waals surface area contributed by atoms with Gasteiger partial charge in [0.25, 0.3) is 0 Å². The third-order valence-electron chi connectivity index (χ3n) is 4.23. The summed E-state index contributed by atoms with van der Waals surface area (Å²) in [6.07, 6.45) is 7.21. The average Bonchev–Trinajstić information content (AvgIpc) is 3.20. The normalized spacial score (nSPS) is 20.3. The van der Waals surface area contributed by atoms with Gasteiger partial charge in [-0.15, -0.1) is 0 Å². The molecule has 2 atom stereocenters. The first-order chi connectivity index (χ1) is 11.2. The van der Waals surface area contributed by atoms with Crippen LogP contribution in [0.1, 0.15) is 31.6 Å². The van der Waals surface area contributed by atoms with Crippen LogP contribution in [0.3, 0.4) is 0 Å². The van der Waals surface area contributed by atoms with Crippen LogP contribution in [-0.2, 0) is 11.3 Å². The number of likely N-dealkylation sites (tertiary alicyclic amines) is 1. The molecule has 1 fully saturated rings. The van der Waals surface area contributed by atoms with Gasteiger partial charge >= 0.3 is 0 Å². The monoisotopic (exact) mass is 317 g/mol. The molecule has 0 bridgehead atoms. The van der Waals surface area contributed by atoms with E-state index in [0.717, 1.165) is 31.8 Å². The minimum Gasteiger partial charge on any atom is -0.467 e. The number of nitrogens with zero attached hydrogens (tertiary/aromatic N) is 4. The van der Waals surface area contributed by atoms with Crippen molar-refractivity contribution in [3.05, 3.63) is 36.8 Å². The molecule has 0 spiro atoms. The lowest BCUT2D eigenvalue weighted by molar-refractivity contribution is -0.123. The second-order valence-electron chi connectivity index (χ2n) is 6.17. The van der Waals surface area contributed by atoms with Crippen LogP contribution in [-0.4, -0.2) is 45.2 Å². The van der Waals surface area contributed by atoms with Crippen molar-refractivity contribution < 1.29 is 9.21 Å². The Kier molecular flexibility index (Phi) is 5.07. The summed E-state index contributed by atoms with van der Waals surface area (Å²) in [6.45, 7) is 5.11. The SMILES string of the molecule is C[C@@H](NC(=O)CN1CCC[C@H](Cn2cncn2)C1)c1ccco1. The summed E-state index contributed by atoms with van der Waals surface area (Å²) in [6, 6.07) is 3.60. The summed E-state index contributed by atoms with van der Waals surface area (Å²) >= 11 is 0. The van der Waals surface area contributed by atoms with Gasteiger partial charge in [0, 0.05) is 13.1 Å². The van der Waals surface area contributed by atoms with E-state index in [1.54, 1.807) is 18.9 Å². The lowest BCUT2D eigenvalue weighted by Crippen LogP contribution is -2.43. The highest BCUT2D eigenvalue weighted by Crippen LogP contribution is 2.18. The number of furan rings is 1. The first-order valence-electron chi connectivity index (χ1n) is 8.08. The van der Waals surface area contributed by atoms with Crippen LogP contribution in [0.15, 0.2) is 35.5 Å². The molecule has 23 heavy (non-hydrogen) atoms. The van der Waals surface area contributed by atoms with E-state index in [1.165, 1.54) is 6.42 Å². The highest BCUT2D eigenvalue weighted by molar-refractivity contribution is 5.78. The van der Waals surface area contributed by atoms with Crippen molar-refractivity contribution in [2.75, 3.05) is 19.6 Å². The van der Waals surface area contributed by atoms with Crippen molar-refractivity contribution in [2.24, 2.45) is 5.92 Å². The summed E-state index contributed by atoms with van der Waals surface area (Å²) in [5.74, 6) is 1.33. The maximum Gasteiger partial charge on any atom is 0.234 e. The molecule has 3 heterocycles. The standard InChI is InChI=1S/C16H23N5O2/c1-13(15-5-3-7-23-15)19-16(22)10-20-6-2-4-14(8-20)9-21-12-17-11-18-21/h3,5,7,11-14H,2,4,6,8-10H2,1H3,(H,19,22)/t13-,14+/m1/s1. The minimum atomic E-state index is -0.103. The summed E-state index contributed by atoms with van der Waals surface area (Å²) < 4.78 is 7.19. The van der Waals surface area contributed by atoms with Gasteiger partial charge in [-0.1, -0.05) is 0 Å². The van der Waals surface area contributed by atoms with Crippen LogP contribution in [0.4, 0.5) is 0 Å². The number of amides is 1. The van der Waals surface area contributed by atoms with Gasteiger partial charge in [0.1, 0.15) is 18.4 Å². The fourth-order valence-corrected chi connectivity index (χ4v) is 3.13. The van der Waals surface area contributed by atoms with E-state index >= 15 is 0 Å². The van der Waals surface area contributed by atoms with Crippen molar-refractivity contribution >= 4 is 5.91 Å². The second-order valence-corrected chi connectivity index (χ2v) is 6.17. The van der Waals surface area contributed by atoms with E-state index in [0.29, 0.717) is 12.5 Å². The van der Waals surface area contributed by atoms with Gasteiger partial charge in [0.2, 0.25) is 5.91 Å². The Morgan fingerprint density at radius 1 is 1.57 bits per heavy atom. The Morgan fingerprint density at radius 3 is 3.22 bits per heavy atom. The summed E-state index contributed by atoms with van der Waals surface area (Å²) in [4.78, 5) is 18.4. The Balaban J connectivity index is 1.46. The quantitative estimate of drug-likeness (QED) is 0.873. The highest BCUT2D eigenvalue weighted by atomic mass is 16.3. The number of carbonyl (C=O) groups is 1. The molecule has 0 unspecified atom stereocenters. The molecule has 0 aliphatic carbocycles. The van der Waals surface area contributed by atoms with Crippen molar-refractivity contribution in [1.82, 2.24) is 25.0 Å². The van der Waals surface area contributed by atoms with E-state index in [-0.39, 0.29) is 11.9 Å². The topological polar surface area (TPSA) is 76.2 Å². The number of aromatic nitrogens is 3. The molecular weight excluding hydrogens is 294 g/mol. The first-order valence-corrected chi connectivity index (χ1v) is 8.08. The molecule has 0 aromatic carbocycles. The molecule has 0 saturated carbocycles. The van der Waals surface area contributed by atoms with Crippen LogP contribution in [0.2, 0.25) is 0 Å². The maximum atomic E-state index is 12.2. The van der Waals surface area contributed by atoms with E-state index in [2.05, 4.69) is 20.3 Å². The fraction of sp³-hybridized carbons (Fsp3) is 0.562. The predicted molar refractivity (Wildman–Crippen MR) is 84.5 cm³/mol. The molecule has 1 aliphatic rings. The molecule has 1 saturated heterocycles. The molecule has 7 nitrogen and oxygen atoms in total. The highest BCUT2D eigenvalue weighted by Gasteiger charge is 2.23. The molecule has 1 N–H and O–H groups in total. The van der Waals surface area contributed by atoms with Crippen LogP contribution in [0.25, 0.3) is 0 Å². The van der Waals surface area contributed by atoms with Gasteiger partial charge in [-0.2, -0.15) is 5.10 Å². The molecular formula is C16H23N5O2. The molecule has 7 heteroatoms. The summed E-state index contributed by atoms with van der Waals surface area (Å²) in [5.41, 5.74) is 0. The van der Waals surface area contributed by atoms with Gasteiger partial charge in [-0.3, -0.25) is 14.4 Å². The molecule has 2 aromatic heterocycles.